The maximum Gasteiger partial charge on any atom is 0.241 e. The van der Waals surface area contributed by atoms with Crippen molar-refractivity contribution in [2.45, 2.75) is 37.2 Å². The lowest BCUT2D eigenvalue weighted by molar-refractivity contribution is -0.123. The van der Waals surface area contributed by atoms with Gasteiger partial charge >= 0.3 is 0 Å². The number of fused-ring (bicyclic) bond motifs is 1. The van der Waals surface area contributed by atoms with Crippen LogP contribution in [0, 0.1) is 5.82 Å². The highest BCUT2D eigenvalue weighted by Crippen LogP contribution is 2.30. The molecule has 1 heterocycles. The average molecular weight is 496 g/mol. The molecule has 2 N–H and O–H groups in total. The standard InChI is InChI=1S/C26H26FN3O4S/c1-18(31)30-14-13-21-16-23(11-12-25(21)30)35(33,34)29-24(15-19-5-3-2-4-6-19)26(32)28-17-20-7-9-22(27)10-8-20/h2-12,16,24,29H,13-15,17H2,1H3,(H,28,32)/t24-/m0/s1. The fraction of sp³-hybridized carbons (Fsp3) is 0.231. The minimum absolute atomic E-state index is 0.0334. The SMILES string of the molecule is CC(=O)N1CCc2cc(S(=O)(=O)N[C@@H](Cc3ccccc3)C(=O)NCc3ccc(F)cc3)ccc21. The molecule has 0 saturated carbocycles. The molecule has 3 aromatic rings. The van der Waals surface area contributed by atoms with Gasteiger partial charge in [-0.3, -0.25) is 9.59 Å². The number of carbonyl (C=O) groups is 2. The molecule has 0 bridgehead atoms. The monoisotopic (exact) mass is 495 g/mol. The summed E-state index contributed by atoms with van der Waals surface area (Å²) in [5, 5.41) is 2.74. The highest BCUT2D eigenvalue weighted by Gasteiger charge is 2.28. The van der Waals surface area contributed by atoms with Gasteiger partial charge in [-0.25, -0.2) is 12.8 Å². The molecule has 0 unspecified atom stereocenters. The molecule has 3 aromatic carbocycles. The number of hydrogen-bond acceptors (Lipinski definition) is 4. The Labute approximate surface area is 204 Å². The number of amides is 2. The molecule has 0 saturated heterocycles. The van der Waals surface area contributed by atoms with E-state index in [-0.39, 0.29) is 29.6 Å². The molecule has 182 valence electrons. The minimum atomic E-state index is -4.04. The Morgan fingerprint density at radius 3 is 2.40 bits per heavy atom. The summed E-state index contributed by atoms with van der Waals surface area (Å²) < 4.78 is 42.2. The molecule has 0 aliphatic carbocycles. The molecule has 0 radical (unpaired) electrons. The summed E-state index contributed by atoms with van der Waals surface area (Å²) in [6.45, 7) is 2.11. The predicted molar refractivity (Wildman–Crippen MR) is 131 cm³/mol. The van der Waals surface area contributed by atoms with Crippen molar-refractivity contribution in [2.75, 3.05) is 11.4 Å². The number of sulfonamides is 1. The van der Waals surface area contributed by atoms with Gasteiger partial charge in [0.1, 0.15) is 11.9 Å². The molecule has 0 spiro atoms. The van der Waals surface area contributed by atoms with Gasteiger partial charge in [-0.1, -0.05) is 42.5 Å². The Morgan fingerprint density at radius 1 is 1.00 bits per heavy atom. The van der Waals surface area contributed by atoms with Gasteiger partial charge in [0.15, 0.2) is 0 Å². The van der Waals surface area contributed by atoms with Crippen LogP contribution in [-0.2, 0) is 39.0 Å². The lowest BCUT2D eigenvalue weighted by Crippen LogP contribution is -2.47. The summed E-state index contributed by atoms with van der Waals surface area (Å²) >= 11 is 0. The zero-order valence-corrected chi connectivity index (χ0v) is 20.0. The third-order valence-electron chi connectivity index (χ3n) is 5.91. The molecular formula is C26H26FN3O4S. The van der Waals surface area contributed by atoms with E-state index in [9.17, 15) is 22.4 Å². The summed E-state index contributed by atoms with van der Waals surface area (Å²) in [5.74, 6) is -0.973. The van der Waals surface area contributed by atoms with Crippen LogP contribution in [0.25, 0.3) is 0 Å². The van der Waals surface area contributed by atoms with Gasteiger partial charge in [0.05, 0.1) is 4.90 Å². The van der Waals surface area contributed by atoms with Gasteiger partial charge in [-0.15, -0.1) is 0 Å². The molecule has 9 heteroatoms. The van der Waals surface area contributed by atoms with Crippen molar-refractivity contribution in [3.63, 3.8) is 0 Å². The van der Waals surface area contributed by atoms with E-state index in [1.807, 2.05) is 30.3 Å². The zero-order chi connectivity index (χ0) is 25.0. The second-order valence-corrected chi connectivity index (χ2v) is 10.1. The first-order chi connectivity index (χ1) is 16.7. The van der Waals surface area contributed by atoms with E-state index >= 15 is 0 Å². The van der Waals surface area contributed by atoms with Crippen LogP contribution in [0.2, 0.25) is 0 Å². The van der Waals surface area contributed by atoms with E-state index in [4.69, 9.17) is 0 Å². The minimum Gasteiger partial charge on any atom is -0.351 e. The van der Waals surface area contributed by atoms with Crippen molar-refractivity contribution < 1.29 is 22.4 Å². The fourth-order valence-corrected chi connectivity index (χ4v) is 5.33. The summed E-state index contributed by atoms with van der Waals surface area (Å²) in [6.07, 6.45) is 0.711. The molecule has 1 atom stereocenters. The molecule has 0 fully saturated rings. The molecule has 2 amide bonds. The molecule has 1 aliphatic heterocycles. The summed E-state index contributed by atoms with van der Waals surface area (Å²) in [7, 11) is -4.04. The lowest BCUT2D eigenvalue weighted by Gasteiger charge is -2.20. The first kappa shape index (κ1) is 24.6. The molecule has 1 aliphatic rings. The quantitative estimate of drug-likeness (QED) is 0.502. The summed E-state index contributed by atoms with van der Waals surface area (Å²) in [5.41, 5.74) is 2.95. The fourth-order valence-electron chi connectivity index (χ4n) is 4.08. The van der Waals surface area contributed by atoms with E-state index in [1.54, 1.807) is 29.2 Å². The van der Waals surface area contributed by atoms with Gasteiger partial charge in [-0.2, -0.15) is 4.72 Å². The van der Waals surface area contributed by atoms with Crippen LogP contribution in [0.3, 0.4) is 0 Å². The highest BCUT2D eigenvalue weighted by molar-refractivity contribution is 7.89. The molecule has 7 nitrogen and oxygen atoms in total. The van der Waals surface area contributed by atoms with Gasteiger partial charge < -0.3 is 10.2 Å². The van der Waals surface area contributed by atoms with E-state index in [1.165, 1.54) is 25.1 Å². The number of benzene rings is 3. The maximum atomic E-state index is 13.3. The van der Waals surface area contributed by atoms with Crippen molar-refractivity contribution in [1.82, 2.24) is 10.0 Å². The summed E-state index contributed by atoms with van der Waals surface area (Å²) in [4.78, 5) is 26.5. The Kier molecular flexibility index (Phi) is 7.28. The second-order valence-electron chi connectivity index (χ2n) is 8.42. The lowest BCUT2D eigenvalue weighted by atomic mass is 10.1. The van der Waals surface area contributed by atoms with E-state index in [0.717, 1.165) is 11.1 Å². The van der Waals surface area contributed by atoms with E-state index in [2.05, 4.69) is 10.0 Å². The Morgan fingerprint density at radius 2 is 1.71 bits per heavy atom. The maximum absolute atomic E-state index is 13.3. The van der Waals surface area contributed by atoms with Gasteiger partial charge in [-0.05, 0) is 59.9 Å². The van der Waals surface area contributed by atoms with Crippen LogP contribution in [0.15, 0.2) is 77.7 Å². The topological polar surface area (TPSA) is 95.6 Å². The second kappa shape index (κ2) is 10.4. The average Bonchev–Trinajstić information content (AvgIpc) is 3.27. The molecule has 4 rings (SSSR count). The smallest absolute Gasteiger partial charge is 0.241 e. The van der Waals surface area contributed by atoms with E-state index in [0.29, 0.717) is 24.2 Å². The Balaban J connectivity index is 1.54. The summed E-state index contributed by atoms with van der Waals surface area (Å²) in [6, 6.07) is 18.4. The van der Waals surface area contributed by atoms with Gasteiger partial charge in [0.2, 0.25) is 21.8 Å². The number of nitrogens with one attached hydrogen (secondary N) is 2. The molecule has 35 heavy (non-hydrogen) atoms. The van der Waals surface area contributed by atoms with Crippen molar-refractivity contribution in [3.05, 3.63) is 95.3 Å². The van der Waals surface area contributed by atoms with Crippen LogP contribution in [0.5, 0.6) is 0 Å². The number of halogens is 1. The normalized spacial score (nSPS) is 13.8. The third kappa shape index (κ3) is 5.93. The zero-order valence-electron chi connectivity index (χ0n) is 19.2. The number of nitrogens with zero attached hydrogens (tertiary/aromatic N) is 1. The number of anilines is 1. The Hall–Kier alpha value is -3.56. The van der Waals surface area contributed by atoms with Crippen LogP contribution in [0.1, 0.15) is 23.6 Å². The largest absolute Gasteiger partial charge is 0.351 e. The number of carbonyl (C=O) groups excluding carboxylic acids is 2. The van der Waals surface area contributed by atoms with Gasteiger partial charge in [0, 0.05) is 25.7 Å². The highest BCUT2D eigenvalue weighted by atomic mass is 32.2. The molecule has 0 aromatic heterocycles. The van der Waals surface area contributed by atoms with Crippen LogP contribution >= 0.6 is 0 Å². The predicted octanol–water partition coefficient (Wildman–Crippen LogP) is 2.94. The van der Waals surface area contributed by atoms with Crippen molar-refractivity contribution in [1.29, 1.82) is 0 Å². The third-order valence-corrected chi connectivity index (χ3v) is 7.38. The van der Waals surface area contributed by atoms with Crippen LogP contribution < -0.4 is 14.9 Å². The van der Waals surface area contributed by atoms with Crippen molar-refractivity contribution >= 4 is 27.5 Å². The van der Waals surface area contributed by atoms with Crippen molar-refractivity contribution in [2.24, 2.45) is 0 Å². The first-order valence-corrected chi connectivity index (χ1v) is 12.7. The first-order valence-electron chi connectivity index (χ1n) is 11.2. The van der Waals surface area contributed by atoms with E-state index < -0.39 is 22.0 Å². The number of rotatable bonds is 8. The van der Waals surface area contributed by atoms with Crippen LogP contribution in [-0.4, -0.2) is 32.8 Å². The van der Waals surface area contributed by atoms with Crippen molar-refractivity contribution in [3.8, 4) is 0 Å². The number of hydrogen-bond donors (Lipinski definition) is 2. The Bertz CT molecular complexity index is 1330. The molecular weight excluding hydrogens is 469 g/mol. The van der Waals surface area contributed by atoms with Crippen LogP contribution in [0.4, 0.5) is 10.1 Å². The van der Waals surface area contributed by atoms with Gasteiger partial charge in [0.25, 0.3) is 0 Å².